The second-order valence-electron chi connectivity index (χ2n) is 4.04. The molecule has 1 saturated heterocycles. The summed E-state index contributed by atoms with van der Waals surface area (Å²) >= 11 is 0. The van der Waals surface area contributed by atoms with Crippen molar-refractivity contribution in [3.05, 3.63) is 0 Å². The first kappa shape index (κ1) is 9.27. The highest BCUT2D eigenvalue weighted by Crippen LogP contribution is 2.51. The molecule has 76 valence electrons. The van der Waals surface area contributed by atoms with Gasteiger partial charge in [0, 0.05) is 13.1 Å². The monoisotopic (exact) mass is 194 g/mol. The highest BCUT2D eigenvalue weighted by atomic mass is 19.4. The standard InChI is InChI=1S/C8H13F3N2/c9-8(10,11)4-13-2-6-5(1-12)7(6)3-13/h5-7H,1-4,12H2. The van der Waals surface area contributed by atoms with E-state index in [9.17, 15) is 13.2 Å². The zero-order valence-electron chi connectivity index (χ0n) is 7.22. The minimum atomic E-state index is -4.05. The third-order valence-corrected chi connectivity index (χ3v) is 3.12. The summed E-state index contributed by atoms with van der Waals surface area (Å²) in [5.74, 6) is 1.41. The van der Waals surface area contributed by atoms with E-state index in [4.69, 9.17) is 5.73 Å². The first-order valence-electron chi connectivity index (χ1n) is 4.50. The Morgan fingerprint density at radius 3 is 2.15 bits per heavy atom. The van der Waals surface area contributed by atoms with Crippen LogP contribution in [-0.2, 0) is 0 Å². The van der Waals surface area contributed by atoms with Gasteiger partial charge >= 0.3 is 6.18 Å². The van der Waals surface area contributed by atoms with Crippen LogP contribution >= 0.6 is 0 Å². The van der Waals surface area contributed by atoms with Crippen LogP contribution in [-0.4, -0.2) is 37.3 Å². The van der Waals surface area contributed by atoms with Crippen LogP contribution in [0, 0.1) is 17.8 Å². The summed E-state index contributed by atoms with van der Waals surface area (Å²) in [6.07, 6.45) is -4.05. The molecule has 1 heterocycles. The van der Waals surface area contributed by atoms with Gasteiger partial charge in [-0.2, -0.15) is 13.2 Å². The summed E-state index contributed by atoms with van der Waals surface area (Å²) in [5.41, 5.74) is 5.46. The topological polar surface area (TPSA) is 29.3 Å². The number of nitrogens with two attached hydrogens (primary N) is 1. The first-order chi connectivity index (χ1) is 6.01. The van der Waals surface area contributed by atoms with Crippen LogP contribution < -0.4 is 5.73 Å². The van der Waals surface area contributed by atoms with E-state index in [-0.39, 0.29) is 0 Å². The molecular formula is C8H13F3N2. The van der Waals surface area contributed by atoms with Crippen molar-refractivity contribution in [1.29, 1.82) is 0 Å². The largest absolute Gasteiger partial charge is 0.401 e. The van der Waals surface area contributed by atoms with E-state index in [0.29, 0.717) is 37.4 Å². The van der Waals surface area contributed by atoms with E-state index in [1.165, 1.54) is 4.90 Å². The van der Waals surface area contributed by atoms with Crippen LogP contribution in [0.15, 0.2) is 0 Å². The van der Waals surface area contributed by atoms with E-state index in [0.717, 1.165) is 0 Å². The summed E-state index contributed by atoms with van der Waals surface area (Å²) in [6.45, 7) is 1.06. The maximum Gasteiger partial charge on any atom is 0.401 e. The van der Waals surface area contributed by atoms with E-state index in [1.807, 2.05) is 0 Å². The number of halogens is 3. The average Bonchev–Trinajstić information content (AvgIpc) is 2.44. The number of likely N-dealkylation sites (tertiary alicyclic amines) is 1. The van der Waals surface area contributed by atoms with E-state index in [1.54, 1.807) is 0 Å². The van der Waals surface area contributed by atoms with Crippen molar-refractivity contribution in [2.75, 3.05) is 26.2 Å². The van der Waals surface area contributed by atoms with Gasteiger partial charge < -0.3 is 5.73 Å². The van der Waals surface area contributed by atoms with Gasteiger partial charge in [0.05, 0.1) is 6.54 Å². The molecule has 1 aliphatic carbocycles. The molecule has 1 saturated carbocycles. The number of fused-ring (bicyclic) bond motifs is 1. The Kier molecular flexibility index (Phi) is 2.03. The summed E-state index contributed by atoms with van der Waals surface area (Å²) in [4.78, 5) is 1.49. The average molecular weight is 194 g/mol. The zero-order valence-corrected chi connectivity index (χ0v) is 7.22. The Morgan fingerprint density at radius 1 is 1.23 bits per heavy atom. The first-order valence-corrected chi connectivity index (χ1v) is 4.50. The summed E-state index contributed by atoms with van der Waals surface area (Å²) < 4.78 is 35.9. The molecular weight excluding hydrogens is 181 g/mol. The van der Waals surface area contributed by atoms with Gasteiger partial charge in [-0.25, -0.2) is 0 Å². The molecule has 13 heavy (non-hydrogen) atoms. The minimum Gasteiger partial charge on any atom is -0.330 e. The second kappa shape index (κ2) is 2.85. The molecule has 1 aliphatic heterocycles. The molecule has 0 aromatic carbocycles. The van der Waals surface area contributed by atoms with Crippen LogP contribution in [0.1, 0.15) is 0 Å². The molecule has 2 unspecified atom stereocenters. The van der Waals surface area contributed by atoms with Crippen LogP contribution in [0.5, 0.6) is 0 Å². The van der Waals surface area contributed by atoms with E-state index in [2.05, 4.69) is 0 Å². The lowest BCUT2D eigenvalue weighted by molar-refractivity contribution is -0.144. The normalized spacial score (nSPS) is 39.2. The number of nitrogens with zero attached hydrogens (tertiary/aromatic N) is 1. The molecule has 2 nitrogen and oxygen atoms in total. The third kappa shape index (κ3) is 1.81. The fraction of sp³-hybridized carbons (Fsp3) is 1.00. The summed E-state index contributed by atoms with van der Waals surface area (Å²) in [6, 6.07) is 0. The molecule has 0 radical (unpaired) electrons. The maximum atomic E-state index is 12.0. The summed E-state index contributed by atoms with van der Waals surface area (Å²) in [5, 5.41) is 0. The Balaban J connectivity index is 1.78. The lowest BCUT2D eigenvalue weighted by Crippen LogP contribution is -2.35. The highest BCUT2D eigenvalue weighted by molar-refractivity contribution is 5.05. The quantitative estimate of drug-likeness (QED) is 0.700. The molecule has 2 fully saturated rings. The lowest BCUT2D eigenvalue weighted by Gasteiger charge is -2.20. The molecule has 2 aliphatic rings. The minimum absolute atomic E-state index is 0.451. The molecule has 0 aromatic rings. The number of hydrogen-bond donors (Lipinski definition) is 1. The second-order valence-corrected chi connectivity index (χ2v) is 4.04. The van der Waals surface area contributed by atoms with Gasteiger partial charge in [0.1, 0.15) is 0 Å². The SMILES string of the molecule is NCC1C2CN(CC(F)(F)F)CC12. The van der Waals surface area contributed by atoms with Gasteiger partial charge in [-0.1, -0.05) is 0 Å². The van der Waals surface area contributed by atoms with Crippen molar-refractivity contribution in [3.8, 4) is 0 Å². The number of alkyl halides is 3. The molecule has 0 aromatic heterocycles. The van der Waals surface area contributed by atoms with Crippen LogP contribution in [0.25, 0.3) is 0 Å². The third-order valence-electron chi connectivity index (χ3n) is 3.12. The van der Waals surface area contributed by atoms with Gasteiger partial charge in [-0.05, 0) is 24.3 Å². The van der Waals surface area contributed by atoms with Gasteiger partial charge in [0.15, 0.2) is 0 Å². The number of rotatable bonds is 2. The van der Waals surface area contributed by atoms with Crippen molar-refractivity contribution in [2.45, 2.75) is 6.18 Å². The number of piperidine rings is 1. The molecule has 2 rings (SSSR count). The van der Waals surface area contributed by atoms with Crippen molar-refractivity contribution in [3.63, 3.8) is 0 Å². The summed E-state index contributed by atoms with van der Waals surface area (Å²) in [7, 11) is 0. The van der Waals surface area contributed by atoms with Crippen molar-refractivity contribution < 1.29 is 13.2 Å². The molecule has 0 amide bonds. The van der Waals surface area contributed by atoms with Crippen LogP contribution in [0.2, 0.25) is 0 Å². The molecule has 2 atom stereocenters. The van der Waals surface area contributed by atoms with Crippen molar-refractivity contribution in [1.82, 2.24) is 4.90 Å². The molecule has 0 spiro atoms. The van der Waals surface area contributed by atoms with Gasteiger partial charge in [-0.15, -0.1) is 0 Å². The van der Waals surface area contributed by atoms with Gasteiger partial charge in [0.2, 0.25) is 0 Å². The highest BCUT2D eigenvalue weighted by Gasteiger charge is 2.55. The van der Waals surface area contributed by atoms with Gasteiger partial charge in [-0.3, -0.25) is 4.90 Å². The van der Waals surface area contributed by atoms with Crippen LogP contribution in [0.3, 0.4) is 0 Å². The fourth-order valence-corrected chi connectivity index (χ4v) is 2.47. The maximum absolute atomic E-state index is 12.0. The molecule has 5 heteroatoms. The van der Waals surface area contributed by atoms with E-state index < -0.39 is 12.7 Å². The van der Waals surface area contributed by atoms with E-state index >= 15 is 0 Å². The van der Waals surface area contributed by atoms with Crippen LogP contribution in [0.4, 0.5) is 13.2 Å². The van der Waals surface area contributed by atoms with Gasteiger partial charge in [0.25, 0.3) is 0 Å². The Bertz CT molecular complexity index is 192. The Labute approximate surface area is 74.9 Å². The smallest absolute Gasteiger partial charge is 0.330 e. The lowest BCUT2D eigenvalue weighted by atomic mass is 10.2. The fourth-order valence-electron chi connectivity index (χ4n) is 2.47. The Hall–Kier alpha value is -0.290. The van der Waals surface area contributed by atoms with Crippen molar-refractivity contribution >= 4 is 0 Å². The zero-order chi connectivity index (χ0) is 9.64. The van der Waals surface area contributed by atoms with Crippen molar-refractivity contribution in [2.24, 2.45) is 23.5 Å². The Morgan fingerprint density at radius 2 is 1.77 bits per heavy atom. The number of hydrogen-bond acceptors (Lipinski definition) is 2. The molecule has 0 bridgehead atoms. The predicted molar refractivity (Wildman–Crippen MR) is 42.0 cm³/mol. The predicted octanol–water partition coefficient (Wildman–Crippen LogP) is 0.685. The molecule has 2 N–H and O–H groups in total.